The largest absolute Gasteiger partial charge is 0.507 e. The molecule has 1 amide bonds. The number of carbonyl (C=O) groups is 2. The molecule has 0 aromatic heterocycles. The minimum atomic E-state index is -0.646. The number of ketones is 1. The Kier molecular flexibility index (Phi) is 6.77. The predicted molar refractivity (Wildman–Crippen MR) is 127 cm³/mol. The van der Waals surface area contributed by atoms with Crippen LogP contribution in [0.5, 0.6) is 5.75 Å². The SMILES string of the molecule is CCCN1C(=O)C(=O)/C(=C(\O)c2ccc(OCC)c(C)c2)C1c1ccc(C(C)(C)C)cc1. The zero-order valence-electron chi connectivity index (χ0n) is 19.9. The lowest BCUT2D eigenvalue weighted by atomic mass is 9.85. The number of carbonyl (C=O) groups excluding carboxylic acids is 2. The molecule has 2 aromatic carbocycles. The van der Waals surface area contributed by atoms with Gasteiger partial charge in [-0.05, 0) is 60.6 Å². The molecule has 3 rings (SSSR count). The van der Waals surface area contributed by atoms with E-state index in [-0.39, 0.29) is 16.7 Å². The molecule has 0 radical (unpaired) electrons. The Hall–Kier alpha value is -3.08. The fourth-order valence-electron chi connectivity index (χ4n) is 4.13. The fraction of sp³-hybridized carbons (Fsp3) is 0.407. The number of likely N-dealkylation sites (tertiary alicyclic amines) is 1. The van der Waals surface area contributed by atoms with Crippen molar-refractivity contribution in [2.24, 2.45) is 0 Å². The molecule has 0 saturated carbocycles. The normalized spacial score (nSPS) is 18.3. The number of hydrogen-bond donors (Lipinski definition) is 1. The Bertz CT molecular complexity index is 1040. The Morgan fingerprint density at radius 1 is 1.06 bits per heavy atom. The number of ether oxygens (including phenoxy) is 1. The third kappa shape index (κ3) is 4.43. The minimum Gasteiger partial charge on any atom is -0.507 e. The highest BCUT2D eigenvalue weighted by Crippen LogP contribution is 2.40. The van der Waals surface area contributed by atoms with Crippen LogP contribution in [-0.4, -0.2) is 34.8 Å². The van der Waals surface area contributed by atoms with E-state index < -0.39 is 17.7 Å². The molecule has 0 spiro atoms. The number of aliphatic hydroxyl groups is 1. The summed E-state index contributed by atoms with van der Waals surface area (Å²) in [5.41, 5.74) is 3.45. The minimum absolute atomic E-state index is 0.0103. The van der Waals surface area contributed by atoms with Crippen LogP contribution >= 0.6 is 0 Å². The first-order valence-corrected chi connectivity index (χ1v) is 11.2. The average molecular weight is 436 g/mol. The van der Waals surface area contributed by atoms with E-state index in [1.807, 2.05) is 45.0 Å². The van der Waals surface area contributed by atoms with Gasteiger partial charge in [0.2, 0.25) is 0 Å². The van der Waals surface area contributed by atoms with Crippen LogP contribution < -0.4 is 4.74 Å². The maximum atomic E-state index is 13.0. The molecule has 1 atom stereocenters. The van der Waals surface area contributed by atoms with Crippen molar-refractivity contribution >= 4 is 17.4 Å². The van der Waals surface area contributed by atoms with Gasteiger partial charge >= 0.3 is 0 Å². The molecule has 32 heavy (non-hydrogen) atoms. The molecule has 5 heteroatoms. The van der Waals surface area contributed by atoms with E-state index in [2.05, 4.69) is 20.8 Å². The molecule has 1 fully saturated rings. The Balaban J connectivity index is 2.13. The Morgan fingerprint density at radius 3 is 2.25 bits per heavy atom. The van der Waals surface area contributed by atoms with Crippen LogP contribution in [0.4, 0.5) is 0 Å². The van der Waals surface area contributed by atoms with E-state index in [1.54, 1.807) is 23.1 Å². The lowest BCUT2D eigenvalue weighted by Crippen LogP contribution is -2.30. The van der Waals surface area contributed by atoms with Crippen molar-refractivity contribution in [3.8, 4) is 5.75 Å². The number of amides is 1. The summed E-state index contributed by atoms with van der Waals surface area (Å²) in [5.74, 6) is -0.642. The van der Waals surface area contributed by atoms with Gasteiger partial charge in [-0.2, -0.15) is 0 Å². The first-order chi connectivity index (χ1) is 15.1. The van der Waals surface area contributed by atoms with Crippen molar-refractivity contribution in [3.05, 3.63) is 70.3 Å². The van der Waals surface area contributed by atoms with Crippen LogP contribution in [0, 0.1) is 6.92 Å². The molecule has 170 valence electrons. The Labute approximate surface area is 190 Å². The fourth-order valence-corrected chi connectivity index (χ4v) is 4.13. The zero-order valence-corrected chi connectivity index (χ0v) is 19.9. The smallest absolute Gasteiger partial charge is 0.295 e. The summed E-state index contributed by atoms with van der Waals surface area (Å²) >= 11 is 0. The second kappa shape index (κ2) is 9.19. The first kappa shape index (κ1) is 23.6. The number of rotatable bonds is 6. The summed E-state index contributed by atoms with van der Waals surface area (Å²) in [5, 5.41) is 11.2. The van der Waals surface area contributed by atoms with Gasteiger partial charge in [-0.3, -0.25) is 9.59 Å². The van der Waals surface area contributed by atoms with Crippen molar-refractivity contribution in [2.45, 2.75) is 59.4 Å². The molecule has 5 nitrogen and oxygen atoms in total. The van der Waals surface area contributed by atoms with Crippen LogP contribution in [0.1, 0.15) is 69.3 Å². The van der Waals surface area contributed by atoms with Gasteiger partial charge < -0.3 is 14.7 Å². The van der Waals surface area contributed by atoms with E-state index in [1.165, 1.54) is 0 Å². The van der Waals surface area contributed by atoms with Crippen LogP contribution in [0.25, 0.3) is 5.76 Å². The number of benzene rings is 2. The molecular weight excluding hydrogens is 402 g/mol. The summed E-state index contributed by atoms with van der Waals surface area (Å²) in [6.45, 7) is 13.2. The maximum Gasteiger partial charge on any atom is 0.295 e. The molecule has 1 saturated heterocycles. The molecule has 0 aliphatic carbocycles. The van der Waals surface area contributed by atoms with Gasteiger partial charge in [0.1, 0.15) is 11.5 Å². The van der Waals surface area contributed by atoms with Gasteiger partial charge in [0.05, 0.1) is 18.2 Å². The van der Waals surface area contributed by atoms with E-state index in [4.69, 9.17) is 4.74 Å². The standard InChI is InChI=1S/C27H33NO4/c1-7-15-28-23(18-9-12-20(13-10-18)27(4,5)6)22(25(30)26(28)31)24(29)19-11-14-21(32-8-2)17(3)16-19/h9-14,16,23,29H,7-8,15H2,1-6H3/b24-22-. The van der Waals surface area contributed by atoms with E-state index in [9.17, 15) is 14.7 Å². The number of aryl methyl sites for hydroxylation is 1. The molecule has 1 aliphatic heterocycles. The monoisotopic (exact) mass is 435 g/mol. The van der Waals surface area contributed by atoms with Crippen molar-refractivity contribution in [1.82, 2.24) is 4.90 Å². The van der Waals surface area contributed by atoms with E-state index >= 15 is 0 Å². The summed E-state index contributed by atoms with van der Waals surface area (Å²) in [7, 11) is 0. The van der Waals surface area contributed by atoms with Crippen LogP contribution in [-0.2, 0) is 15.0 Å². The second-order valence-corrected chi connectivity index (χ2v) is 9.28. The lowest BCUT2D eigenvalue weighted by Gasteiger charge is -2.26. The van der Waals surface area contributed by atoms with Crippen molar-refractivity contribution in [1.29, 1.82) is 0 Å². The zero-order chi connectivity index (χ0) is 23.6. The van der Waals surface area contributed by atoms with Gasteiger partial charge in [-0.15, -0.1) is 0 Å². The maximum absolute atomic E-state index is 13.0. The van der Waals surface area contributed by atoms with Gasteiger partial charge in [0.15, 0.2) is 0 Å². The quantitative estimate of drug-likeness (QED) is 0.368. The van der Waals surface area contributed by atoms with Crippen molar-refractivity contribution in [2.75, 3.05) is 13.2 Å². The molecule has 1 N–H and O–H groups in total. The number of Topliss-reactive ketones (excluding diaryl/α,β-unsaturated/α-hetero) is 1. The van der Waals surface area contributed by atoms with Gasteiger partial charge in [-0.1, -0.05) is 52.0 Å². The summed E-state index contributed by atoms with van der Waals surface area (Å²) in [6.07, 6.45) is 0.714. The first-order valence-electron chi connectivity index (χ1n) is 11.2. The van der Waals surface area contributed by atoms with Gasteiger partial charge in [0, 0.05) is 12.1 Å². The molecule has 1 aliphatic rings. The third-order valence-corrected chi connectivity index (χ3v) is 5.85. The van der Waals surface area contributed by atoms with Gasteiger partial charge in [-0.25, -0.2) is 0 Å². The molecule has 0 bridgehead atoms. The highest BCUT2D eigenvalue weighted by atomic mass is 16.5. The summed E-state index contributed by atoms with van der Waals surface area (Å²) < 4.78 is 5.59. The molecule has 1 unspecified atom stereocenters. The molecular formula is C27H33NO4. The van der Waals surface area contributed by atoms with Crippen LogP contribution in [0.2, 0.25) is 0 Å². The van der Waals surface area contributed by atoms with Crippen molar-refractivity contribution < 1.29 is 19.4 Å². The van der Waals surface area contributed by atoms with Crippen molar-refractivity contribution in [3.63, 3.8) is 0 Å². The number of nitrogens with zero attached hydrogens (tertiary/aromatic N) is 1. The third-order valence-electron chi connectivity index (χ3n) is 5.85. The predicted octanol–water partition coefficient (Wildman–Crippen LogP) is 5.52. The lowest BCUT2D eigenvalue weighted by molar-refractivity contribution is -0.139. The van der Waals surface area contributed by atoms with E-state index in [0.717, 1.165) is 22.4 Å². The topological polar surface area (TPSA) is 66.8 Å². The average Bonchev–Trinajstić information content (AvgIpc) is 2.99. The summed E-state index contributed by atoms with van der Waals surface area (Å²) in [4.78, 5) is 27.5. The van der Waals surface area contributed by atoms with Gasteiger partial charge in [0.25, 0.3) is 11.7 Å². The van der Waals surface area contributed by atoms with Crippen LogP contribution in [0.3, 0.4) is 0 Å². The highest BCUT2D eigenvalue weighted by molar-refractivity contribution is 6.46. The summed E-state index contributed by atoms with van der Waals surface area (Å²) in [6, 6.07) is 12.6. The molecule has 1 heterocycles. The van der Waals surface area contributed by atoms with Crippen LogP contribution in [0.15, 0.2) is 48.0 Å². The molecule has 2 aromatic rings. The second-order valence-electron chi connectivity index (χ2n) is 9.28. The Morgan fingerprint density at radius 2 is 1.72 bits per heavy atom. The van der Waals surface area contributed by atoms with E-state index in [0.29, 0.717) is 25.1 Å². The number of aliphatic hydroxyl groups excluding tert-OH is 1. The highest BCUT2D eigenvalue weighted by Gasteiger charge is 2.45. The number of hydrogen-bond acceptors (Lipinski definition) is 4.